The number of nitrogens with zero attached hydrogens (tertiary/aromatic N) is 1. The predicted octanol–water partition coefficient (Wildman–Crippen LogP) is 4.98. The molecule has 3 rings (SSSR count). The molecule has 0 radical (unpaired) electrons. The second-order valence-electron chi connectivity index (χ2n) is 4.37. The van der Waals surface area contributed by atoms with Gasteiger partial charge in [0.2, 0.25) is 0 Å². The number of nitrogens with one attached hydrogen (secondary N) is 1. The monoisotopic (exact) mass is 347 g/mol. The molecule has 3 N–H and O–H groups in total. The zero-order valence-electron chi connectivity index (χ0n) is 10.4. The van der Waals surface area contributed by atoms with E-state index >= 15 is 0 Å². The molecule has 0 bridgehead atoms. The van der Waals surface area contributed by atoms with Crippen molar-refractivity contribution in [2.24, 2.45) is 0 Å². The van der Waals surface area contributed by atoms with Crippen molar-refractivity contribution < 1.29 is 0 Å². The number of rotatable bonds is 2. The Morgan fingerprint density at radius 1 is 1.05 bits per heavy atom. The van der Waals surface area contributed by atoms with E-state index in [1.54, 1.807) is 12.4 Å². The van der Waals surface area contributed by atoms with Crippen molar-refractivity contribution >= 4 is 55.4 Å². The molecular weight excluding hydrogens is 338 g/mol. The largest absolute Gasteiger partial charge is 0.398 e. The van der Waals surface area contributed by atoms with E-state index in [0.29, 0.717) is 10.7 Å². The highest BCUT2D eigenvalue weighted by molar-refractivity contribution is 9.10. The highest BCUT2D eigenvalue weighted by atomic mass is 79.9. The van der Waals surface area contributed by atoms with E-state index in [1.807, 2.05) is 36.4 Å². The lowest BCUT2D eigenvalue weighted by molar-refractivity contribution is 1.36. The fraction of sp³-hybridized carbons (Fsp3) is 0. The smallest absolute Gasteiger partial charge is 0.0652 e. The molecule has 1 heterocycles. The number of fused-ring (bicyclic) bond motifs is 1. The minimum atomic E-state index is 0.651. The van der Waals surface area contributed by atoms with Gasteiger partial charge in [-0.05, 0) is 36.4 Å². The van der Waals surface area contributed by atoms with Gasteiger partial charge >= 0.3 is 0 Å². The van der Waals surface area contributed by atoms with Crippen LogP contribution < -0.4 is 11.1 Å². The van der Waals surface area contributed by atoms with Gasteiger partial charge in [0.1, 0.15) is 0 Å². The Morgan fingerprint density at radius 2 is 1.85 bits per heavy atom. The summed E-state index contributed by atoms with van der Waals surface area (Å²) in [6.45, 7) is 0. The van der Waals surface area contributed by atoms with Gasteiger partial charge in [-0.25, -0.2) is 0 Å². The second-order valence-corrected chi connectivity index (χ2v) is 5.70. The van der Waals surface area contributed by atoms with Gasteiger partial charge in [0.25, 0.3) is 0 Å². The first kappa shape index (κ1) is 13.2. The summed E-state index contributed by atoms with van der Waals surface area (Å²) in [7, 11) is 0. The molecule has 0 aliphatic carbocycles. The molecule has 100 valence electrons. The molecule has 0 saturated heterocycles. The van der Waals surface area contributed by atoms with Gasteiger partial charge in [-0.3, -0.25) is 4.98 Å². The third-order valence-corrected chi connectivity index (χ3v) is 3.86. The van der Waals surface area contributed by atoms with E-state index in [-0.39, 0.29) is 0 Å². The standard InChI is InChI=1S/C15H11BrClN3/c16-9-1-3-15(12(17)7-9)20-14-4-2-13(18)11-8-19-6-5-10(11)14/h1-8,20H,18H2. The predicted molar refractivity (Wildman–Crippen MR) is 88.6 cm³/mol. The van der Waals surface area contributed by atoms with Gasteiger partial charge < -0.3 is 11.1 Å². The Kier molecular flexibility index (Phi) is 3.51. The van der Waals surface area contributed by atoms with Crippen LogP contribution in [0.2, 0.25) is 5.02 Å². The highest BCUT2D eigenvalue weighted by Gasteiger charge is 2.06. The van der Waals surface area contributed by atoms with Crippen molar-refractivity contribution in [1.29, 1.82) is 0 Å². The summed E-state index contributed by atoms with van der Waals surface area (Å²) in [5.74, 6) is 0. The number of aromatic nitrogens is 1. The number of benzene rings is 2. The molecule has 0 saturated carbocycles. The summed E-state index contributed by atoms with van der Waals surface area (Å²) in [6, 6.07) is 11.5. The maximum atomic E-state index is 6.23. The molecule has 0 spiro atoms. The molecule has 0 fully saturated rings. The van der Waals surface area contributed by atoms with Crippen molar-refractivity contribution in [3.05, 3.63) is 58.3 Å². The first-order chi connectivity index (χ1) is 9.65. The molecule has 0 aliphatic heterocycles. The van der Waals surface area contributed by atoms with Crippen LogP contribution in [0.3, 0.4) is 0 Å². The summed E-state index contributed by atoms with van der Waals surface area (Å²) in [5.41, 5.74) is 8.47. The van der Waals surface area contributed by atoms with Gasteiger partial charge in [0.05, 0.1) is 10.7 Å². The second kappa shape index (κ2) is 5.31. The molecule has 2 aromatic carbocycles. The number of nitrogens with two attached hydrogens (primary N) is 1. The molecule has 3 nitrogen and oxygen atoms in total. The van der Waals surface area contributed by atoms with Crippen molar-refractivity contribution in [3.8, 4) is 0 Å². The van der Waals surface area contributed by atoms with Gasteiger partial charge in [0.15, 0.2) is 0 Å². The SMILES string of the molecule is Nc1ccc(Nc2ccc(Br)cc2Cl)c2ccncc12. The van der Waals surface area contributed by atoms with Crippen LogP contribution in [0.1, 0.15) is 0 Å². The van der Waals surface area contributed by atoms with Crippen LogP contribution in [0.5, 0.6) is 0 Å². The van der Waals surface area contributed by atoms with E-state index in [4.69, 9.17) is 17.3 Å². The van der Waals surface area contributed by atoms with Crippen LogP contribution in [-0.4, -0.2) is 4.98 Å². The number of pyridine rings is 1. The molecule has 0 unspecified atom stereocenters. The normalized spacial score (nSPS) is 10.7. The Balaban J connectivity index is 2.09. The molecular formula is C15H11BrClN3. The fourth-order valence-electron chi connectivity index (χ4n) is 2.06. The molecule has 20 heavy (non-hydrogen) atoms. The van der Waals surface area contributed by atoms with E-state index in [0.717, 1.165) is 26.6 Å². The first-order valence-corrected chi connectivity index (χ1v) is 7.16. The van der Waals surface area contributed by atoms with Gasteiger partial charge in [-0.15, -0.1) is 0 Å². The van der Waals surface area contributed by atoms with Crippen LogP contribution in [0.25, 0.3) is 10.8 Å². The number of anilines is 3. The van der Waals surface area contributed by atoms with Crippen LogP contribution in [0.4, 0.5) is 17.1 Å². The third kappa shape index (κ3) is 2.44. The number of nitrogen functional groups attached to an aromatic ring is 1. The van der Waals surface area contributed by atoms with Gasteiger partial charge in [0, 0.05) is 39.0 Å². The number of hydrogen-bond donors (Lipinski definition) is 2. The zero-order valence-corrected chi connectivity index (χ0v) is 12.7. The van der Waals surface area contributed by atoms with Crippen molar-refractivity contribution in [2.75, 3.05) is 11.1 Å². The molecule has 0 amide bonds. The summed E-state index contributed by atoms with van der Waals surface area (Å²) in [4.78, 5) is 4.11. The maximum absolute atomic E-state index is 6.23. The number of hydrogen-bond acceptors (Lipinski definition) is 3. The van der Waals surface area contributed by atoms with E-state index in [2.05, 4.69) is 26.2 Å². The average molecular weight is 349 g/mol. The minimum absolute atomic E-state index is 0.651. The van der Waals surface area contributed by atoms with E-state index in [1.165, 1.54) is 0 Å². The summed E-state index contributed by atoms with van der Waals surface area (Å²) in [6.07, 6.45) is 3.51. The summed E-state index contributed by atoms with van der Waals surface area (Å²) >= 11 is 9.63. The fourth-order valence-corrected chi connectivity index (χ4v) is 2.78. The van der Waals surface area contributed by atoms with Gasteiger partial charge in [-0.1, -0.05) is 27.5 Å². The summed E-state index contributed by atoms with van der Waals surface area (Å²) < 4.78 is 0.944. The molecule has 1 aromatic heterocycles. The Morgan fingerprint density at radius 3 is 2.65 bits per heavy atom. The van der Waals surface area contributed by atoms with Crippen LogP contribution >= 0.6 is 27.5 Å². The lowest BCUT2D eigenvalue weighted by Crippen LogP contribution is -1.95. The minimum Gasteiger partial charge on any atom is -0.398 e. The Labute approximate surface area is 129 Å². The molecule has 5 heteroatoms. The third-order valence-electron chi connectivity index (χ3n) is 3.05. The average Bonchev–Trinajstić information content (AvgIpc) is 2.45. The van der Waals surface area contributed by atoms with E-state index in [9.17, 15) is 0 Å². The zero-order chi connectivity index (χ0) is 14.1. The first-order valence-electron chi connectivity index (χ1n) is 5.99. The van der Waals surface area contributed by atoms with E-state index < -0.39 is 0 Å². The topological polar surface area (TPSA) is 50.9 Å². The Bertz CT molecular complexity index is 789. The van der Waals surface area contributed by atoms with Crippen LogP contribution in [-0.2, 0) is 0 Å². The maximum Gasteiger partial charge on any atom is 0.0652 e. The Hall–Kier alpha value is -1.78. The quantitative estimate of drug-likeness (QED) is 0.642. The molecule has 0 atom stereocenters. The molecule has 3 aromatic rings. The molecule has 0 aliphatic rings. The van der Waals surface area contributed by atoms with Crippen molar-refractivity contribution in [1.82, 2.24) is 4.98 Å². The van der Waals surface area contributed by atoms with Crippen molar-refractivity contribution in [2.45, 2.75) is 0 Å². The van der Waals surface area contributed by atoms with Gasteiger partial charge in [-0.2, -0.15) is 0 Å². The van der Waals surface area contributed by atoms with Crippen molar-refractivity contribution in [3.63, 3.8) is 0 Å². The lowest BCUT2D eigenvalue weighted by Gasteiger charge is -2.12. The lowest BCUT2D eigenvalue weighted by atomic mass is 10.1. The van der Waals surface area contributed by atoms with Crippen LogP contribution in [0.15, 0.2) is 53.3 Å². The van der Waals surface area contributed by atoms with Crippen LogP contribution in [0, 0.1) is 0 Å². The summed E-state index contributed by atoms with van der Waals surface area (Å²) in [5, 5.41) is 5.92. The highest BCUT2D eigenvalue weighted by Crippen LogP contribution is 2.33. The number of halogens is 2.